The third kappa shape index (κ3) is 11.9. The standard InChI is InChI=1S/C10H22O3/c1-3-12-7-5-4-6-8-13-10-9-11-2/h3-10H2,1-2H3. The van der Waals surface area contributed by atoms with Crippen molar-refractivity contribution in [1.29, 1.82) is 0 Å². The topological polar surface area (TPSA) is 27.7 Å². The molecule has 0 heterocycles. The summed E-state index contributed by atoms with van der Waals surface area (Å²) in [4.78, 5) is 0. The molecule has 0 aromatic carbocycles. The minimum atomic E-state index is 0.693. The Hall–Kier alpha value is -0.120. The van der Waals surface area contributed by atoms with Gasteiger partial charge in [-0.1, -0.05) is 0 Å². The molecule has 0 N–H and O–H groups in total. The molecule has 0 atom stereocenters. The van der Waals surface area contributed by atoms with Crippen LogP contribution in [0.5, 0.6) is 0 Å². The first-order valence-corrected chi connectivity index (χ1v) is 5.06. The molecule has 0 aromatic heterocycles. The second kappa shape index (κ2) is 11.9. The van der Waals surface area contributed by atoms with Crippen molar-refractivity contribution in [2.45, 2.75) is 26.2 Å². The van der Waals surface area contributed by atoms with Gasteiger partial charge in [0.25, 0.3) is 0 Å². The third-order valence-electron chi connectivity index (χ3n) is 1.71. The lowest BCUT2D eigenvalue weighted by Gasteiger charge is -2.03. The highest BCUT2D eigenvalue weighted by molar-refractivity contribution is 4.40. The average molecular weight is 190 g/mol. The fourth-order valence-corrected chi connectivity index (χ4v) is 0.974. The molecule has 3 nitrogen and oxygen atoms in total. The molecule has 0 fully saturated rings. The van der Waals surface area contributed by atoms with Gasteiger partial charge >= 0.3 is 0 Å². The molecule has 0 saturated heterocycles. The van der Waals surface area contributed by atoms with E-state index in [-0.39, 0.29) is 0 Å². The van der Waals surface area contributed by atoms with Gasteiger partial charge in [-0.2, -0.15) is 0 Å². The number of hydrogen-bond donors (Lipinski definition) is 0. The van der Waals surface area contributed by atoms with Gasteiger partial charge in [-0.05, 0) is 26.2 Å². The predicted molar refractivity (Wildman–Crippen MR) is 53.0 cm³/mol. The molecule has 0 aliphatic rings. The van der Waals surface area contributed by atoms with Crippen LogP contribution in [0.4, 0.5) is 0 Å². The maximum absolute atomic E-state index is 5.31. The lowest BCUT2D eigenvalue weighted by Crippen LogP contribution is -2.03. The fraction of sp³-hybridized carbons (Fsp3) is 1.00. The Morgan fingerprint density at radius 3 is 2.08 bits per heavy atom. The monoisotopic (exact) mass is 190 g/mol. The van der Waals surface area contributed by atoms with Gasteiger partial charge in [0, 0.05) is 26.9 Å². The minimum Gasteiger partial charge on any atom is -0.382 e. The van der Waals surface area contributed by atoms with E-state index in [0.29, 0.717) is 13.2 Å². The maximum Gasteiger partial charge on any atom is 0.0700 e. The molecule has 3 heteroatoms. The van der Waals surface area contributed by atoms with E-state index in [1.165, 1.54) is 6.42 Å². The summed E-state index contributed by atoms with van der Waals surface area (Å²) in [6.07, 6.45) is 3.45. The molecular weight excluding hydrogens is 168 g/mol. The summed E-state index contributed by atoms with van der Waals surface area (Å²) < 4.78 is 15.4. The second-order valence-corrected chi connectivity index (χ2v) is 2.86. The highest BCUT2D eigenvalue weighted by atomic mass is 16.5. The van der Waals surface area contributed by atoms with Crippen LogP contribution in [-0.4, -0.2) is 40.1 Å². The van der Waals surface area contributed by atoms with Crippen LogP contribution in [0.15, 0.2) is 0 Å². The van der Waals surface area contributed by atoms with Crippen molar-refractivity contribution in [2.24, 2.45) is 0 Å². The SMILES string of the molecule is CCOCCCCCOCCOC. The Kier molecular flexibility index (Phi) is 11.8. The van der Waals surface area contributed by atoms with Gasteiger partial charge in [-0.15, -0.1) is 0 Å². The van der Waals surface area contributed by atoms with Gasteiger partial charge in [-0.25, -0.2) is 0 Å². The van der Waals surface area contributed by atoms with Crippen LogP contribution in [-0.2, 0) is 14.2 Å². The molecule has 0 amide bonds. The number of methoxy groups -OCH3 is 1. The molecular formula is C10H22O3. The Labute approximate surface area is 81.4 Å². The first kappa shape index (κ1) is 12.9. The molecule has 0 saturated carbocycles. The average Bonchev–Trinajstić information content (AvgIpc) is 2.16. The van der Waals surface area contributed by atoms with Crippen molar-refractivity contribution in [3.63, 3.8) is 0 Å². The zero-order valence-corrected chi connectivity index (χ0v) is 8.88. The quantitative estimate of drug-likeness (QED) is 0.492. The minimum absolute atomic E-state index is 0.693. The molecule has 0 radical (unpaired) electrons. The zero-order chi connectivity index (χ0) is 9.78. The molecule has 0 aromatic rings. The van der Waals surface area contributed by atoms with E-state index in [0.717, 1.165) is 32.7 Å². The van der Waals surface area contributed by atoms with Gasteiger partial charge < -0.3 is 14.2 Å². The summed E-state index contributed by atoms with van der Waals surface area (Å²) in [5, 5.41) is 0. The summed E-state index contributed by atoms with van der Waals surface area (Å²) in [6, 6.07) is 0. The number of hydrogen-bond acceptors (Lipinski definition) is 3. The van der Waals surface area contributed by atoms with Crippen LogP contribution in [0.1, 0.15) is 26.2 Å². The van der Waals surface area contributed by atoms with Crippen LogP contribution < -0.4 is 0 Å². The molecule has 0 aliphatic carbocycles. The number of unbranched alkanes of at least 4 members (excludes halogenated alkanes) is 2. The van der Waals surface area contributed by atoms with E-state index < -0.39 is 0 Å². The molecule has 13 heavy (non-hydrogen) atoms. The van der Waals surface area contributed by atoms with Gasteiger partial charge in [0.05, 0.1) is 13.2 Å². The van der Waals surface area contributed by atoms with Crippen LogP contribution in [0.25, 0.3) is 0 Å². The highest BCUT2D eigenvalue weighted by Gasteiger charge is 1.90. The first-order chi connectivity index (χ1) is 6.41. The van der Waals surface area contributed by atoms with Crippen molar-refractivity contribution >= 4 is 0 Å². The Morgan fingerprint density at radius 2 is 1.46 bits per heavy atom. The van der Waals surface area contributed by atoms with E-state index in [9.17, 15) is 0 Å². The zero-order valence-electron chi connectivity index (χ0n) is 8.88. The van der Waals surface area contributed by atoms with E-state index in [1.807, 2.05) is 6.92 Å². The molecule has 80 valence electrons. The Bertz CT molecular complexity index is 76.2. The summed E-state index contributed by atoms with van der Waals surface area (Å²) in [7, 11) is 1.69. The smallest absolute Gasteiger partial charge is 0.0700 e. The lowest BCUT2D eigenvalue weighted by molar-refractivity contribution is 0.0671. The van der Waals surface area contributed by atoms with Crippen LogP contribution in [0.3, 0.4) is 0 Å². The van der Waals surface area contributed by atoms with Gasteiger partial charge in [0.1, 0.15) is 0 Å². The van der Waals surface area contributed by atoms with Gasteiger partial charge in [0.15, 0.2) is 0 Å². The van der Waals surface area contributed by atoms with Gasteiger partial charge in [0.2, 0.25) is 0 Å². The normalized spacial score (nSPS) is 10.6. The molecule has 0 bridgehead atoms. The van der Waals surface area contributed by atoms with Crippen LogP contribution >= 0.6 is 0 Å². The van der Waals surface area contributed by atoms with Crippen molar-refractivity contribution in [3.8, 4) is 0 Å². The van der Waals surface area contributed by atoms with E-state index in [4.69, 9.17) is 14.2 Å². The number of rotatable bonds is 10. The lowest BCUT2D eigenvalue weighted by atomic mass is 10.2. The largest absolute Gasteiger partial charge is 0.382 e. The second-order valence-electron chi connectivity index (χ2n) is 2.86. The third-order valence-corrected chi connectivity index (χ3v) is 1.71. The number of ether oxygens (including phenoxy) is 3. The maximum atomic E-state index is 5.31. The van der Waals surface area contributed by atoms with E-state index in [1.54, 1.807) is 7.11 Å². The summed E-state index contributed by atoms with van der Waals surface area (Å²) in [5.41, 5.74) is 0. The van der Waals surface area contributed by atoms with Gasteiger partial charge in [-0.3, -0.25) is 0 Å². The molecule has 0 spiro atoms. The fourth-order valence-electron chi connectivity index (χ4n) is 0.974. The van der Waals surface area contributed by atoms with Crippen LogP contribution in [0, 0.1) is 0 Å². The Balaban J connectivity index is 2.76. The van der Waals surface area contributed by atoms with E-state index in [2.05, 4.69) is 0 Å². The molecule has 0 aliphatic heterocycles. The predicted octanol–water partition coefficient (Wildman–Crippen LogP) is 1.86. The van der Waals surface area contributed by atoms with Crippen molar-refractivity contribution in [2.75, 3.05) is 40.1 Å². The van der Waals surface area contributed by atoms with Crippen LogP contribution in [0.2, 0.25) is 0 Å². The van der Waals surface area contributed by atoms with Crippen molar-refractivity contribution in [3.05, 3.63) is 0 Å². The van der Waals surface area contributed by atoms with Crippen molar-refractivity contribution in [1.82, 2.24) is 0 Å². The van der Waals surface area contributed by atoms with E-state index >= 15 is 0 Å². The summed E-state index contributed by atoms with van der Waals surface area (Å²) in [6.45, 7) is 5.98. The summed E-state index contributed by atoms with van der Waals surface area (Å²) >= 11 is 0. The highest BCUT2D eigenvalue weighted by Crippen LogP contribution is 1.96. The molecule has 0 unspecified atom stereocenters. The first-order valence-electron chi connectivity index (χ1n) is 5.06. The molecule has 0 rings (SSSR count). The Morgan fingerprint density at radius 1 is 0.769 bits per heavy atom. The summed E-state index contributed by atoms with van der Waals surface area (Å²) in [5.74, 6) is 0. The van der Waals surface area contributed by atoms with Crippen molar-refractivity contribution < 1.29 is 14.2 Å².